The Balaban J connectivity index is 2.09. The number of methoxy groups -OCH3 is 3. The number of hydrogen-bond acceptors (Lipinski definition) is 5. The number of phenols is 1. The molecule has 5 nitrogen and oxygen atoms in total. The van der Waals surface area contributed by atoms with Crippen molar-refractivity contribution >= 4 is 31.3 Å². The number of hydrogen-bond donors (Lipinski definition) is 1. The van der Waals surface area contributed by atoms with Gasteiger partial charge in [-0.15, -0.1) is 0 Å². The fourth-order valence-electron chi connectivity index (χ4n) is 15.2. The molecular formula is C81H94BF15O5Si. The van der Waals surface area contributed by atoms with E-state index in [0.29, 0.717) is 0 Å². The Morgan fingerprint density at radius 3 is 0.650 bits per heavy atom. The highest BCUT2D eigenvalue weighted by molar-refractivity contribution is 7.00. The normalized spacial score (nSPS) is 17.2. The van der Waals surface area contributed by atoms with Crippen LogP contribution in [-0.2, 0) is 57.7 Å². The van der Waals surface area contributed by atoms with E-state index in [4.69, 9.17) is 18.6 Å². The molecule has 0 saturated carbocycles. The van der Waals surface area contributed by atoms with E-state index < -0.39 is 191 Å². The Bertz CT molecular complexity index is 4190. The van der Waals surface area contributed by atoms with Crippen LogP contribution >= 0.6 is 0 Å². The van der Waals surface area contributed by atoms with Gasteiger partial charge in [0.1, 0.15) is 23.0 Å². The SMILES string of the molecule is COc1c(C(C)(C)C)cc(C2(c3cc(C(C)(C)C)c(O)c(C(C)(C)C)c3)CCC(c3cc(C(C)(C)C)c(OC)c(C(C)(C)C)c3)(c3cc(C(C)(C)C)c(OC)c(C(C)(C)C)c3)[Si]2(OB(c2c(F)c(F)c(F)c(F)c2F)c2c(F)c(F)c(F)c(F)c2F)c2c(F)c(F)c(F)c(F)c2F)cc1C(C)(C)C. The van der Waals surface area contributed by atoms with Gasteiger partial charge in [-0.25, -0.2) is 65.9 Å². The highest BCUT2D eigenvalue weighted by atomic mass is 28.4. The van der Waals surface area contributed by atoms with Crippen molar-refractivity contribution in [2.24, 2.45) is 0 Å². The molecule has 8 rings (SSSR count). The maximum absolute atomic E-state index is 20.1. The van der Waals surface area contributed by atoms with Crippen LogP contribution in [0.4, 0.5) is 65.9 Å². The average Bonchev–Trinajstić information content (AvgIpc) is 1.54. The molecule has 0 spiro atoms. The summed E-state index contributed by atoms with van der Waals surface area (Å²) in [6, 6.07) is 11.7. The molecule has 2 unspecified atom stereocenters. The van der Waals surface area contributed by atoms with E-state index in [0.717, 1.165) is 0 Å². The van der Waals surface area contributed by atoms with Gasteiger partial charge in [-0.2, -0.15) is 0 Å². The fraction of sp³-hybridized carbons (Fsp3) is 0.481. The molecule has 1 heterocycles. The number of aromatic hydroxyl groups is 1. The van der Waals surface area contributed by atoms with E-state index in [9.17, 15) is 5.11 Å². The minimum atomic E-state index is -7.52. The number of benzene rings is 7. The Morgan fingerprint density at radius 2 is 0.466 bits per heavy atom. The van der Waals surface area contributed by atoms with Gasteiger partial charge in [0.2, 0.25) is 14.1 Å². The lowest BCUT2D eigenvalue weighted by Gasteiger charge is -2.55. The van der Waals surface area contributed by atoms with Gasteiger partial charge in [0.05, 0.1) is 21.3 Å². The minimum absolute atomic E-state index is 0.00719. The largest absolute Gasteiger partial charge is 0.507 e. The van der Waals surface area contributed by atoms with E-state index in [1.807, 2.05) is 0 Å². The van der Waals surface area contributed by atoms with Gasteiger partial charge in [-0.05, 0) is 89.5 Å². The third-order valence-electron chi connectivity index (χ3n) is 20.4. The lowest BCUT2D eigenvalue weighted by atomic mass is 9.54. The van der Waals surface area contributed by atoms with Crippen LogP contribution in [0.2, 0.25) is 0 Å². The average molecular weight is 1470 g/mol. The molecule has 1 aliphatic heterocycles. The number of ether oxygens (including phenoxy) is 3. The summed E-state index contributed by atoms with van der Waals surface area (Å²) in [5, 5.41) is 4.97. The van der Waals surface area contributed by atoms with Crippen molar-refractivity contribution in [2.75, 3.05) is 21.3 Å². The van der Waals surface area contributed by atoms with E-state index >= 15 is 65.9 Å². The highest BCUT2D eigenvalue weighted by Crippen LogP contribution is 2.67. The van der Waals surface area contributed by atoms with Crippen molar-refractivity contribution in [3.05, 3.63) is 203 Å². The molecule has 7 aromatic rings. The summed E-state index contributed by atoms with van der Waals surface area (Å²) >= 11 is 0. The Morgan fingerprint density at radius 1 is 0.291 bits per heavy atom. The molecule has 0 aromatic heterocycles. The predicted molar refractivity (Wildman–Crippen MR) is 378 cm³/mol. The maximum atomic E-state index is 20.1. The summed E-state index contributed by atoms with van der Waals surface area (Å²) in [7, 11) is -3.46. The molecule has 2 atom stereocenters. The molecule has 22 heteroatoms. The molecule has 1 N–H and O–H groups in total. The molecule has 560 valence electrons. The van der Waals surface area contributed by atoms with Gasteiger partial charge in [0.25, 0.3) is 0 Å². The maximum Gasteiger partial charge on any atom is 0.363 e. The third-order valence-corrected chi connectivity index (χ3v) is 26.2. The first-order valence-electron chi connectivity index (χ1n) is 34.0. The van der Waals surface area contributed by atoms with Crippen molar-refractivity contribution in [1.82, 2.24) is 0 Å². The van der Waals surface area contributed by atoms with Crippen LogP contribution in [0.3, 0.4) is 0 Å². The van der Waals surface area contributed by atoms with Crippen molar-refractivity contribution in [2.45, 2.75) is 232 Å². The first kappa shape index (κ1) is 81.6. The molecule has 1 aliphatic rings. The molecule has 103 heavy (non-hydrogen) atoms. The third kappa shape index (κ3) is 13.0. The minimum Gasteiger partial charge on any atom is -0.507 e. The van der Waals surface area contributed by atoms with Crippen LogP contribution in [-0.4, -0.2) is 41.7 Å². The summed E-state index contributed by atoms with van der Waals surface area (Å²) in [5.74, 6) is -43.3. The Labute approximate surface area is 597 Å². The number of phenolic OH excluding ortho intramolecular Hbond substituents is 1. The van der Waals surface area contributed by atoms with Crippen LogP contribution in [0.5, 0.6) is 23.0 Å². The number of halogens is 15. The summed E-state index contributed by atoms with van der Waals surface area (Å²) in [6.07, 6.45) is -1.60. The summed E-state index contributed by atoms with van der Waals surface area (Å²) in [6.45, 7) is 37.4. The van der Waals surface area contributed by atoms with Crippen LogP contribution < -0.4 is 30.3 Å². The Kier molecular flexibility index (Phi) is 21.0. The van der Waals surface area contributed by atoms with Gasteiger partial charge in [-0.1, -0.05) is 215 Å². The summed E-state index contributed by atoms with van der Waals surface area (Å²) < 4.78 is 293. The lowest BCUT2D eigenvalue weighted by Crippen LogP contribution is -2.78. The van der Waals surface area contributed by atoms with Gasteiger partial charge >= 0.3 is 6.92 Å². The molecule has 0 radical (unpaired) electrons. The van der Waals surface area contributed by atoms with E-state index in [1.54, 1.807) is 166 Å². The van der Waals surface area contributed by atoms with E-state index in [-0.39, 0.29) is 84.0 Å². The van der Waals surface area contributed by atoms with Crippen molar-refractivity contribution in [1.29, 1.82) is 0 Å². The first-order chi connectivity index (χ1) is 46.7. The second kappa shape index (κ2) is 26.5. The van der Waals surface area contributed by atoms with Crippen molar-refractivity contribution in [3.63, 3.8) is 0 Å². The molecule has 1 fully saturated rings. The van der Waals surface area contributed by atoms with Crippen molar-refractivity contribution in [3.8, 4) is 23.0 Å². The van der Waals surface area contributed by atoms with E-state index in [1.165, 1.54) is 69.9 Å². The predicted octanol–water partition coefficient (Wildman–Crippen LogP) is 20.7. The van der Waals surface area contributed by atoms with Gasteiger partial charge in [0, 0.05) is 59.6 Å². The van der Waals surface area contributed by atoms with Crippen molar-refractivity contribution < 1.29 is 89.5 Å². The Hall–Kier alpha value is -7.07. The number of rotatable bonds is 12. The second-order valence-corrected chi connectivity index (χ2v) is 39.4. The molecular weight excluding hydrogens is 1380 g/mol. The quantitative estimate of drug-likeness (QED) is 0.0572. The van der Waals surface area contributed by atoms with Gasteiger partial charge in [0.15, 0.2) is 81.4 Å². The second-order valence-electron chi connectivity index (χ2n) is 35.6. The van der Waals surface area contributed by atoms with E-state index in [2.05, 4.69) is 0 Å². The van der Waals surface area contributed by atoms with Crippen LogP contribution in [0, 0.1) is 87.3 Å². The monoisotopic (exact) mass is 1470 g/mol. The topological polar surface area (TPSA) is 57.2 Å². The lowest BCUT2D eigenvalue weighted by molar-refractivity contribution is 0.373. The van der Waals surface area contributed by atoms with Gasteiger partial charge < -0.3 is 23.7 Å². The van der Waals surface area contributed by atoms with Gasteiger partial charge in [-0.3, -0.25) is 0 Å². The zero-order chi connectivity index (χ0) is 78.6. The smallest absolute Gasteiger partial charge is 0.363 e. The zero-order valence-electron chi connectivity index (χ0n) is 63.9. The summed E-state index contributed by atoms with van der Waals surface area (Å²) in [5.41, 5.74) is -14.1. The summed E-state index contributed by atoms with van der Waals surface area (Å²) in [4.78, 5) is 0. The molecule has 1 saturated heterocycles. The molecule has 7 aromatic carbocycles. The molecule has 0 amide bonds. The van der Waals surface area contributed by atoms with Crippen LogP contribution in [0.15, 0.2) is 48.5 Å². The standard InChI is InChI=1S/C81H94BF15O5Si/c1-72(2,3)42-30-38(31-43(67(42)98)73(4,5)6)80(39-32-44(74(7,8)9)68(99-25)45(33-39)75(10,11)12)28-29-81(40-34-46(76(13,14)15)69(100-26)47(35-40)77(16,17)18,41-36-48(78(19,20)21)70(101-27)49(37-41)79(22,23)24)103(80,71-65(96)63(94)62(93)64(95)66(71)97)102-82(50-52(83)56(87)60(91)57(88)53(50)84)51-54(85)58(89)61(92)59(90)55(51)86/h30-37,98H,28-29H2,1-27H3. The fourth-order valence-corrected chi connectivity index (χ4v) is 21.9. The molecule has 0 aliphatic carbocycles. The molecule has 0 bridgehead atoms. The first-order valence-corrected chi connectivity index (χ1v) is 35.9. The van der Waals surface area contributed by atoms with Crippen LogP contribution in [0.1, 0.15) is 246 Å². The zero-order valence-corrected chi connectivity index (χ0v) is 64.9. The highest BCUT2D eigenvalue weighted by Gasteiger charge is 2.78. The van der Waals surface area contributed by atoms with Crippen LogP contribution in [0.25, 0.3) is 0 Å².